The molecule has 0 bridgehead atoms. The molecule has 1 heterocycles. The van der Waals surface area contributed by atoms with E-state index in [2.05, 4.69) is 59.3 Å². The van der Waals surface area contributed by atoms with E-state index in [1.54, 1.807) is 0 Å². The van der Waals surface area contributed by atoms with Crippen molar-refractivity contribution in [3.63, 3.8) is 0 Å². The second-order valence-corrected chi connectivity index (χ2v) is 6.13. The summed E-state index contributed by atoms with van der Waals surface area (Å²) in [6, 6.07) is 18.6. The van der Waals surface area contributed by atoms with Crippen LogP contribution < -0.4 is 5.32 Å². The summed E-state index contributed by atoms with van der Waals surface area (Å²) in [6.45, 7) is 6.46. The summed E-state index contributed by atoms with van der Waals surface area (Å²) in [6.07, 6.45) is 0. The second kappa shape index (κ2) is 6.29. The number of fused-ring (bicyclic) bond motifs is 1. The number of carbonyl (C=O) groups is 1. The van der Waals surface area contributed by atoms with Gasteiger partial charge in [-0.1, -0.05) is 48.0 Å². The van der Waals surface area contributed by atoms with Crippen molar-refractivity contribution in [1.29, 1.82) is 0 Å². The highest BCUT2D eigenvalue weighted by molar-refractivity contribution is 5.84. The predicted octanol–water partition coefficient (Wildman–Crippen LogP) is 4.14. The molecule has 3 aromatic rings. The normalized spacial score (nSPS) is 12.3. The summed E-state index contributed by atoms with van der Waals surface area (Å²) in [7, 11) is 0. The second-order valence-electron chi connectivity index (χ2n) is 6.13. The smallest absolute Gasteiger partial charge is 0.240 e. The van der Waals surface area contributed by atoms with E-state index in [-0.39, 0.29) is 11.9 Å². The van der Waals surface area contributed by atoms with Crippen LogP contribution in [-0.2, 0) is 11.3 Å². The van der Waals surface area contributed by atoms with Gasteiger partial charge in [0.25, 0.3) is 0 Å². The molecule has 1 aromatic heterocycles. The molecule has 0 aliphatic carbocycles. The molecule has 1 N–H and O–H groups in total. The maximum Gasteiger partial charge on any atom is 0.240 e. The Hall–Kier alpha value is -2.55. The van der Waals surface area contributed by atoms with Gasteiger partial charge in [0, 0.05) is 11.2 Å². The van der Waals surface area contributed by atoms with Gasteiger partial charge in [-0.15, -0.1) is 0 Å². The van der Waals surface area contributed by atoms with Crippen LogP contribution in [0.2, 0.25) is 0 Å². The van der Waals surface area contributed by atoms with Gasteiger partial charge in [-0.25, -0.2) is 0 Å². The lowest BCUT2D eigenvalue weighted by Crippen LogP contribution is -2.30. The summed E-state index contributed by atoms with van der Waals surface area (Å²) in [5, 5.41) is 4.26. The van der Waals surface area contributed by atoms with Gasteiger partial charge in [0.15, 0.2) is 0 Å². The van der Waals surface area contributed by atoms with Crippen molar-refractivity contribution in [2.45, 2.75) is 33.4 Å². The molecule has 1 unspecified atom stereocenters. The van der Waals surface area contributed by atoms with Gasteiger partial charge in [0.2, 0.25) is 5.91 Å². The van der Waals surface area contributed by atoms with Gasteiger partial charge in [-0.2, -0.15) is 0 Å². The first kappa shape index (κ1) is 15.3. The van der Waals surface area contributed by atoms with E-state index in [0.29, 0.717) is 6.54 Å². The van der Waals surface area contributed by atoms with Crippen LogP contribution in [0.25, 0.3) is 10.9 Å². The van der Waals surface area contributed by atoms with Crippen LogP contribution in [0.5, 0.6) is 0 Å². The summed E-state index contributed by atoms with van der Waals surface area (Å²) >= 11 is 0. The fourth-order valence-corrected chi connectivity index (χ4v) is 2.93. The Balaban J connectivity index is 1.73. The maximum atomic E-state index is 12.4. The summed E-state index contributed by atoms with van der Waals surface area (Å²) in [5.41, 5.74) is 4.55. The minimum atomic E-state index is 0.00484. The Morgan fingerprint density at radius 3 is 2.52 bits per heavy atom. The number of carbonyl (C=O) groups excluding carboxylic acids is 1. The molecule has 3 heteroatoms. The number of nitrogens with zero attached hydrogens (tertiary/aromatic N) is 1. The molecule has 0 radical (unpaired) electrons. The number of hydrogen-bond donors (Lipinski definition) is 1. The van der Waals surface area contributed by atoms with Crippen molar-refractivity contribution in [3.8, 4) is 0 Å². The zero-order valence-corrected chi connectivity index (χ0v) is 13.8. The molecule has 0 fully saturated rings. The third kappa shape index (κ3) is 3.29. The number of aromatic nitrogens is 1. The number of rotatable bonds is 4. The molecular formula is C20H22N2O. The Labute approximate surface area is 136 Å². The number of nitrogens with one attached hydrogen (secondary N) is 1. The molecule has 2 aromatic carbocycles. The maximum absolute atomic E-state index is 12.4. The number of hydrogen-bond acceptors (Lipinski definition) is 1. The molecule has 23 heavy (non-hydrogen) atoms. The Kier molecular flexibility index (Phi) is 4.20. The molecule has 0 spiro atoms. The Bertz CT molecular complexity index is 830. The third-order valence-corrected chi connectivity index (χ3v) is 4.27. The van der Waals surface area contributed by atoms with Crippen molar-refractivity contribution >= 4 is 16.8 Å². The number of aryl methyl sites for hydroxylation is 2. The van der Waals surface area contributed by atoms with Crippen molar-refractivity contribution in [3.05, 3.63) is 71.4 Å². The van der Waals surface area contributed by atoms with Gasteiger partial charge in [0.1, 0.15) is 6.54 Å². The predicted molar refractivity (Wildman–Crippen MR) is 94.4 cm³/mol. The zero-order valence-electron chi connectivity index (χ0n) is 13.8. The molecule has 118 valence electrons. The van der Waals surface area contributed by atoms with Crippen molar-refractivity contribution in [2.75, 3.05) is 0 Å². The molecule has 0 saturated heterocycles. The molecular weight excluding hydrogens is 284 g/mol. The highest BCUT2D eigenvalue weighted by Crippen LogP contribution is 2.19. The average Bonchev–Trinajstić information content (AvgIpc) is 2.84. The van der Waals surface area contributed by atoms with E-state index in [1.165, 1.54) is 10.9 Å². The van der Waals surface area contributed by atoms with Gasteiger partial charge in [-0.05, 0) is 43.9 Å². The van der Waals surface area contributed by atoms with Gasteiger partial charge in [-0.3, -0.25) is 4.79 Å². The Morgan fingerprint density at radius 2 is 1.78 bits per heavy atom. The van der Waals surface area contributed by atoms with E-state index in [4.69, 9.17) is 0 Å². The van der Waals surface area contributed by atoms with Crippen LogP contribution in [0.4, 0.5) is 0 Å². The highest BCUT2D eigenvalue weighted by Gasteiger charge is 2.12. The summed E-state index contributed by atoms with van der Waals surface area (Å²) in [4.78, 5) is 12.4. The first-order valence-electron chi connectivity index (χ1n) is 7.95. The molecule has 3 rings (SSSR count). The fraction of sp³-hybridized carbons (Fsp3) is 0.250. The number of amides is 1. The molecule has 0 aliphatic heterocycles. The zero-order chi connectivity index (χ0) is 16.4. The lowest BCUT2D eigenvalue weighted by molar-refractivity contribution is -0.122. The molecule has 0 aliphatic rings. The standard InChI is InChI=1S/C20H22N2O/c1-14-8-10-17(11-9-14)16(3)21-20(23)13-22-15(2)12-18-6-4-5-7-19(18)22/h4-12,16H,13H2,1-3H3,(H,21,23). The van der Waals surface area contributed by atoms with E-state index >= 15 is 0 Å². The minimum Gasteiger partial charge on any atom is -0.348 e. The SMILES string of the molecule is Cc1ccc(C(C)NC(=O)Cn2c(C)cc3ccccc32)cc1. The van der Waals surface area contributed by atoms with Crippen LogP contribution >= 0.6 is 0 Å². The fourth-order valence-electron chi connectivity index (χ4n) is 2.93. The molecule has 1 atom stereocenters. The van der Waals surface area contributed by atoms with Gasteiger partial charge >= 0.3 is 0 Å². The lowest BCUT2D eigenvalue weighted by atomic mass is 10.1. The number of para-hydroxylation sites is 1. The van der Waals surface area contributed by atoms with Crippen LogP contribution in [0.3, 0.4) is 0 Å². The van der Waals surface area contributed by atoms with E-state index in [0.717, 1.165) is 16.8 Å². The monoisotopic (exact) mass is 306 g/mol. The minimum absolute atomic E-state index is 0.00484. The largest absolute Gasteiger partial charge is 0.348 e. The summed E-state index contributed by atoms with van der Waals surface area (Å²) in [5.74, 6) is 0.0301. The first-order valence-corrected chi connectivity index (χ1v) is 7.95. The molecule has 0 saturated carbocycles. The van der Waals surface area contributed by atoms with Crippen molar-refractivity contribution in [1.82, 2.24) is 9.88 Å². The van der Waals surface area contributed by atoms with Crippen LogP contribution in [0.15, 0.2) is 54.6 Å². The van der Waals surface area contributed by atoms with Crippen molar-refractivity contribution < 1.29 is 4.79 Å². The van der Waals surface area contributed by atoms with Gasteiger partial charge < -0.3 is 9.88 Å². The average molecular weight is 306 g/mol. The molecule has 3 nitrogen and oxygen atoms in total. The first-order chi connectivity index (χ1) is 11.0. The highest BCUT2D eigenvalue weighted by atomic mass is 16.2. The molecule has 1 amide bonds. The van der Waals surface area contributed by atoms with E-state index < -0.39 is 0 Å². The number of benzene rings is 2. The Morgan fingerprint density at radius 1 is 1.09 bits per heavy atom. The summed E-state index contributed by atoms with van der Waals surface area (Å²) < 4.78 is 2.06. The quantitative estimate of drug-likeness (QED) is 0.772. The topological polar surface area (TPSA) is 34.0 Å². The van der Waals surface area contributed by atoms with Gasteiger partial charge in [0.05, 0.1) is 6.04 Å². The third-order valence-electron chi connectivity index (χ3n) is 4.27. The van der Waals surface area contributed by atoms with Crippen LogP contribution in [-0.4, -0.2) is 10.5 Å². The van der Waals surface area contributed by atoms with Crippen LogP contribution in [0, 0.1) is 13.8 Å². The van der Waals surface area contributed by atoms with Crippen molar-refractivity contribution in [2.24, 2.45) is 0 Å². The van der Waals surface area contributed by atoms with E-state index in [9.17, 15) is 4.79 Å². The lowest BCUT2D eigenvalue weighted by Gasteiger charge is -2.16. The van der Waals surface area contributed by atoms with E-state index in [1.807, 2.05) is 26.0 Å². The van der Waals surface area contributed by atoms with Crippen LogP contribution in [0.1, 0.15) is 29.8 Å².